The maximum atomic E-state index is 12.6. The number of ketones is 1. The van der Waals surface area contributed by atoms with Crippen LogP contribution in [-0.2, 0) is 23.8 Å². The summed E-state index contributed by atoms with van der Waals surface area (Å²) in [6, 6.07) is 0. The summed E-state index contributed by atoms with van der Waals surface area (Å²) in [6.45, 7) is 12.1. The maximum absolute atomic E-state index is 12.6. The van der Waals surface area contributed by atoms with Crippen LogP contribution in [0.2, 0.25) is 0 Å². The fraction of sp³-hybridized carbons (Fsp3) is 0.652. The first-order valence-electron chi connectivity index (χ1n) is 10.8. The zero-order chi connectivity index (χ0) is 23.3. The highest BCUT2D eigenvalue weighted by Gasteiger charge is 2.55. The van der Waals surface area contributed by atoms with Crippen LogP contribution in [0.1, 0.15) is 19.3 Å². The van der Waals surface area contributed by atoms with Crippen LogP contribution >= 0.6 is 0 Å². The molecular weight excluding hydrogens is 420 g/mol. The number of hydrogen-bond donors (Lipinski definition) is 4. The van der Waals surface area contributed by atoms with E-state index in [9.17, 15) is 30.0 Å². The average Bonchev–Trinajstić information content (AvgIpc) is 3.18. The standard InChI is InChI=1S/C23H30O9/c1-9-4-16(31-23-22(29)21(28)20(27)17(32-23)7-30-8-24)19-11(3)15(26)6-13(19)18-10(2)14(25)5-12(9)18/h8,12-14,16-23,25,27-29H,1-7H2. The Morgan fingerprint density at radius 2 is 1.75 bits per heavy atom. The second-order valence-corrected chi connectivity index (χ2v) is 9.28. The molecule has 1 aliphatic heterocycles. The molecule has 4 N–H and O–H groups in total. The van der Waals surface area contributed by atoms with Crippen LogP contribution in [0.15, 0.2) is 36.5 Å². The van der Waals surface area contributed by atoms with E-state index in [0.29, 0.717) is 24.0 Å². The zero-order valence-electron chi connectivity index (χ0n) is 17.7. The highest BCUT2D eigenvalue weighted by Crippen LogP contribution is 2.56. The second-order valence-electron chi connectivity index (χ2n) is 9.28. The Morgan fingerprint density at radius 1 is 1.03 bits per heavy atom. The summed E-state index contributed by atoms with van der Waals surface area (Å²) in [6.07, 6.45) is -7.25. The van der Waals surface area contributed by atoms with Gasteiger partial charge in [-0.1, -0.05) is 25.3 Å². The number of aliphatic hydroxyl groups is 4. The lowest BCUT2D eigenvalue weighted by Crippen LogP contribution is -2.60. The van der Waals surface area contributed by atoms with Crippen LogP contribution in [0, 0.1) is 23.7 Å². The summed E-state index contributed by atoms with van der Waals surface area (Å²) in [5, 5.41) is 41.3. The third kappa shape index (κ3) is 3.76. The Kier molecular flexibility index (Phi) is 6.41. The summed E-state index contributed by atoms with van der Waals surface area (Å²) in [5.41, 5.74) is 1.95. The van der Waals surface area contributed by atoms with Crippen LogP contribution in [0.5, 0.6) is 0 Å². The van der Waals surface area contributed by atoms with Gasteiger partial charge in [-0.25, -0.2) is 0 Å². The molecule has 3 saturated carbocycles. The molecule has 4 fully saturated rings. The van der Waals surface area contributed by atoms with E-state index in [1.807, 2.05) is 0 Å². The normalized spacial score (nSPS) is 46.6. The molecule has 32 heavy (non-hydrogen) atoms. The van der Waals surface area contributed by atoms with Gasteiger partial charge in [0.1, 0.15) is 31.0 Å². The Morgan fingerprint density at radius 3 is 2.44 bits per heavy atom. The van der Waals surface area contributed by atoms with E-state index in [2.05, 4.69) is 24.5 Å². The van der Waals surface area contributed by atoms with Gasteiger partial charge in [-0.05, 0) is 41.7 Å². The molecule has 0 aromatic rings. The van der Waals surface area contributed by atoms with Crippen LogP contribution in [0.25, 0.3) is 0 Å². The van der Waals surface area contributed by atoms with Gasteiger partial charge in [0.25, 0.3) is 6.47 Å². The van der Waals surface area contributed by atoms with Crippen LogP contribution in [0.3, 0.4) is 0 Å². The lowest BCUT2D eigenvalue weighted by atomic mass is 9.76. The number of carbonyl (C=O) groups is 2. The summed E-state index contributed by atoms with van der Waals surface area (Å²) in [7, 11) is 0. The smallest absolute Gasteiger partial charge is 0.293 e. The first-order valence-corrected chi connectivity index (χ1v) is 10.8. The minimum Gasteiger partial charge on any atom is -0.465 e. The fourth-order valence-electron chi connectivity index (χ4n) is 5.92. The Hall–Kier alpha value is -1.88. The topological polar surface area (TPSA) is 143 Å². The van der Waals surface area contributed by atoms with Crippen molar-refractivity contribution in [3.63, 3.8) is 0 Å². The number of fused-ring (bicyclic) bond motifs is 3. The lowest BCUT2D eigenvalue weighted by Gasteiger charge is -2.42. The Bertz CT molecular complexity index is 822. The van der Waals surface area contributed by atoms with Crippen molar-refractivity contribution in [3.05, 3.63) is 36.5 Å². The first-order chi connectivity index (χ1) is 15.1. The number of carbonyl (C=O) groups excluding carboxylic acids is 2. The molecule has 0 spiro atoms. The van der Waals surface area contributed by atoms with Crippen molar-refractivity contribution in [2.75, 3.05) is 6.61 Å². The molecule has 1 heterocycles. The van der Waals surface area contributed by atoms with Crippen molar-refractivity contribution < 1.29 is 44.2 Å². The SMILES string of the molecule is C=C1CC(OC2OC(COC=O)C(O)C(O)C2O)C2C(=C)C(=O)CC2C2C(=C)C(O)CC12. The van der Waals surface area contributed by atoms with Crippen molar-refractivity contribution >= 4 is 12.3 Å². The van der Waals surface area contributed by atoms with E-state index < -0.39 is 48.8 Å². The highest BCUT2D eigenvalue weighted by atomic mass is 16.7. The van der Waals surface area contributed by atoms with Gasteiger partial charge in [-0.15, -0.1) is 0 Å². The molecule has 11 atom stereocenters. The lowest BCUT2D eigenvalue weighted by molar-refractivity contribution is -0.314. The molecule has 0 aromatic carbocycles. The Labute approximate surface area is 186 Å². The summed E-state index contributed by atoms with van der Waals surface area (Å²) >= 11 is 0. The summed E-state index contributed by atoms with van der Waals surface area (Å²) in [4.78, 5) is 23.1. The van der Waals surface area contributed by atoms with Crippen LogP contribution in [0.4, 0.5) is 0 Å². The molecule has 4 rings (SSSR count). The van der Waals surface area contributed by atoms with Gasteiger partial charge in [0, 0.05) is 12.3 Å². The van der Waals surface area contributed by atoms with Gasteiger partial charge >= 0.3 is 0 Å². The van der Waals surface area contributed by atoms with Gasteiger partial charge in [0.05, 0.1) is 12.2 Å². The van der Waals surface area contributed by atoms with Crippen molar-refractivity contribution in [1.82, 2.24) is 0 Å². The highest BCUT2D eigenvalue weighted by molar-refractivity contribution is 5.98. The number of ether oxygens (including phenoxy) is 3. The Balaban J connectivity index is 1.60. The number of hydrogen-bond acceptors (Lipinski definition) is 9. The van der Waals surface area contributed by atoms with Gasteiger partial charge in [0.15, 0.2) is 12.1 Å². The van der Waals surface area contributed by atoms with Gasteiger partial charge in [-0.3, -0.25) is 9.59 Å². The van der Waals surface area contributed by atoms with Crippen LogP contribution in [-0.4, -0.2) is 82.2 Å². The monoisotopic (exact) mass is 450 g/mol. The van der Waals surface area contributed by atoms with Gasteiger partial charge < -0.3 is 34.6 Å². The van der Waals surface area contributed by atoms with E-state index in [0.717, 1.165) is 5.57 Å². The average molecular weight is 450 g/mol. The molecule has 176 valence electrons. The summed E-state index contributed by atoms with van der Waals surface area (Å²) < 4.78 is 16.4. The third-order valence-electron chi connectivity index (χ3n) is 7.57. The molecule has 1 saturated heterocycles. The fourth-order valence-corrected chi connectivity index (χ4v) is 5.92. The van der Waals surface area contributed by atoms with Crippen molar-refractivity contribution in [3.8, 4) is 0 Å². The zero-order valence-corrected chi connectivity index (χ0v) is 17.7. The van der Waals surface area contributed by atoms with E-state index >= 15 is 0 Å². The molecule has 9 heteroatoms. The first kappa shape index (κ1) is 23.3. The van der Waals surface area contributed by atoms with Gasteiger partial charge in [0.2, 0.25) is 0 Å². The van der Waals surface area contributed by atoms with E-state index in [1.165, 1.54) is 0 Å². The molecule has 0 aromatic heterocycles. The molecule has 0 radical (unpaired) electrons. The quantitative estimate of drug-likeness (QED) is 0.251. The largest absolute Gasteiger partial charge is 0.465 e. The van der Waals surface area contributed by atoms with E-state index in [4.69, 9.17) is 9.47 Å². The van der Waals surface area contributed by atoms with Crippen molar-refractivity contribution in [2.24, 2.45) is 23.7 Å². The molecular formula is C23H30O9. The minimum absolute atomic E-state index is 0.0457. The van der Waals surface area contributed by atoms with E-state index in [-0.39, 0.29) is 43.0 Å². The second kappa shape index (κ2) is 8.81. The van der Waals surface area contributed by atoms with Crippen molar-refractivity contribution in [2.45, 2.75) is 62.2 Å². The number of Topliss-reactive ketones (excluding diaryl/α,β-unsaturated/α-hetero) is 1. The molecule has 0 amide bonds. The molecule has 4 aliphatic rings. The van der Waals surface area contributed by atoms with Crippen molar-refractivity contribution in [1.29, 1.82) is 0 Å². The minimum atomic E-state index is -1.58. The molecule has 3 aliphatic carbocycles. The van der Waals surface area contributed by atoms with Crippen LogP contribution < -0.4 is 0 Å². The molecule has 9 nitrogen and oxygen atoms in total. The third-order valence-corrected chi connectivity index (χ3v) is 7.57. The summed E-state index contributed by atoms with van der Waals surface area (Å²) in [5.74, 6) is -0.833. The van der Waals surface area contributed by atoms with Gasteiger partial charge in [-0.2, -0.15) is 0 Å². The molecule has 11 unspecified atom stereocenters. The number of aliphatic hydroxyl groups excluding tert-OH is 4. The maximum Gasteiger partial charge on any atom is 0.293 e. The predicted molar refractivity (Wildman–Crippen MR) is 110 cm³/mol. The van der Waals surface area contributed by atoms with E-state index in [1.54, 1.807) is 0 Å². The number of rotatable bonds is 5. The molecule has 0 bridgehead atoms. The predicted octanol–water partition coefficient (Wildman–Crippen LogP) is -0.373.